The fourth-order valence-electron chi connectivity index (χ4n) is 5.38. The lowest BCUT2D eigenvalue weighted by molar-refractivity contribution is 0.570. The molecule has 2 atom stereocenters. The Morgan fingerprint density at radius 3 is 2.85 bits per heavy atom. The molecule has 0 amide bonds. The highest BCUT2D eigenvalue weighted by Crippen LogP contribution is 2.31. The summed E-state index contributed by atoms with van der Waals surface area (Å²) >= 11 is 0. The van der Waals surface area contributed by atoms with Crippen molar-refractivity contribution in [2.24, 2.45) is 0 Å². The number of pyridine rings is 1. The van der Waals surface area contributed by atoms with Gasteiger partial charge in [0.25, 0.3) is 0 Å². The van der Waals surface area contributed by atoms with Crippen molar-refractivity contribution >= 4 is 28.2 Å². The van der Waals surface area contributed by atoms with Crippen molar-refractivity contribution in [2.45, 2.75) is 25.0 Å². The van der Waals surface area contributed by atoms with Gasteiger partial charge in [-0.15, -0.1) is 0 Å². The predicted molar refractivity (Wildman–Crippen MR) is 135 cm³/mol. The first-order valence-corrected chi connectivity index (χ1v) is 11.8. The van der Waals surface area contributed by atoms with Gasteiger partial charge < -0.3 is 15.5 Å². The summed E-state index contributed by atoms with van der Waals surface area (Å²) in [5, 5.41) is 9.60. The van der Waals surface area contributed by atoms with Crippen LogP contribution in [-0.4, -0.2) is 44.5 Å². The van der Waals surface area contributed by atoms with Crippen molar-refractivity contribution in [1.29, 1.82) is 0 Å². The third-order valence-corrected chi connectivity index (χ3v) is 7.08. The number of nitrogens with zero attached hydrogens (tertiary/aromatic N) is 5. The zero-order valence-electron chi connectivity index (χ0n) is 18.7. The summed E-state index contributed by atoms with van der Waals surface area (Å²) in [5.41, 5.74) is 4.12. The van der Waals surface area contributed by atoms with Gasteiger partial charge in [0.2, 0.25) is 5.95 Å². The van der Waals surface area contributed by atoms with E-state index in [0.29, 0.717) is 18.6 Å². The van der Waals surface area contributed by atoms with E-state index in [1.165, 1.54) is 22.8 Å². The van der Waals surface area contributed by atoms with Crippen LogP contribution in [0, 0.1) is 0 Å². The van der Waals surface area contributed by atoms with Crippen molar-refractivity contribution in [3.63, 3.8) is 0 Å². The standard InChI is InChI=1S/C27H25N7/c1-2-7-23-18(4-1)5-3-6-20(23)15-31-25-12-19(8-9-28-25)24-14-26-29-10-11-33(26)27(32-24)34-17-21-13-22(34)16-30-21/h1-12,14,21-22,30H,13,15-17H2,(H,28,31). The molecule has 0 radical (unpaired) electrons. The molecule has 2 aromatic carbocycles. The Balaban J connectivity index is 1.20. The number of imidazole rings is 1. The second kappa shape index (κ2) is 7.81. The molecule has 34 heavy (non-hydrogen) atoms. The van der Waals surface area contributed by atoms with Crippen molar-refractivity contribution in [2.75, 3.05) is 23.3 Å². The normalized spacial score (nSPS) is 19.4. The van der Waals surface area contributed by atoms with Gasteiger partial charge in [-0.25, -0.2) is 15.0 Å². The summed E-state index contributed by atoms with van der Waals surface area (Å²) in [6.45, 7) is 2.71. The molecule has 168 valence electrons. The van der Waals surface area contributed by atoms with Crippen LogP contribution in [0.3, 0.4) is 0 Å². The molecular formula is C27H25N7. The Bertz CT molecular complexity index is 1500. The van der Waals surface area contributed by atoms with Crippen LogP contribution < -0.4 is 15.5 Å². The average Bonchev–Trinajstić information content (AvgIpc) is 3.64. The van der Waals surface area contributed by atoms with E-state index in [1.807, 2.05) is 24.7 Å². The molecule has 0 aliphatic carbocycles. The topological polar surface area (TPSA) is 70.4 Å². The van der Waals surface area contributed by atoms with E-state index in [2.05, 4.69) is 84.5 Å². The summed E-state index contributed by atoms with van der Waals surface area (Å²) in [4.78, 5) is 16.7. The third-order valence-electron chi connectivity index (χ3n) is 7.08. The van der Waals surface area contributed by atoms with Crippen LogP contribution in [-0.2, 0) is 6.54 Å². The van der Waals surface area contributed by atoms with E-state index in [0.717, 1.165) is 41.8 Å². The molecule has 2 fully saturated rings. The molecule has 7 nitrogen and oxygen atoms in total. The summed E-state index contributed by atoms with van der Waals surface area (Å²) in [7, 11) is 0. The number of anilines is 2. The first-order valence-electron chi connectivity index (χ1n) is 11.8. The van der Waals surface area contributed by atoms with Gasteiger partial charge in [-0.1, -0.05) is 42.5 Å². The van der Waals surface area contributed by atoms with Gasteiger partial charge in [-0.2, -0.15) is 0 Å². The SMILES string of the molecule is c1ccc2c(CNc3cc(-c4cc5nccn5c(N5CC6CC5CN6)n4)ccn3)cccc2c1. The Labute approximate surface area is 197 Å². The van der Waals surface area contributed by atoms with Crippen LogP contribution in [0.4, 0.5) is 11.8 Å². The Morgan fingerprint density at radius 1 is 1.00 bits per heavy atom. The molecule has 2 aliphatic heterocycles. The number of benzene rings is 2. The Kier molecular flexibility index (Phi) is 4.48. The van der Waals surface area contributed by atoms with Crippen LogP contribution in [0.25, 0.3) is 27.7 Å². The fraction of sp³-hybridized carbons (Fsp3) is 0.222. The molecule has 7 heteroatoms. The quantitative estimate of drug-likeness (QED) is 0.423. The van der Waals surface area contributed by atoms with Crippen LogP contribution in [0.5, 0.6) is 0 Å². The van der Waals surface area contributed by atoms with E-state index < -0.39 is 0 Å². The molecule has 2 aliphatic rings. The minimum atomic E-state index is 0.494. The van der Waals surface area contributed by atoms with Gasteiger partial charge >= 0.3 is 0 Å². The first kappa shape index (κ1) is 19.5. The van der Waals surface area contributed by atoms with Gasteiger partial charge in [-0.3, -0.25) is 4.40 Å². The lowest BCUT2D eigenvalue weighted by atomic mass is 10.0. The van der Waals surface area contributed by atoms with Gasteiger partial charge in [0.15, 0.2) is 0 Å². The molecule has 2 bridgehead atoms. The lowest BCUT2D eigenvalue weighted by Crippen LogP contribution is -2.44. The summed E-state index contributed by atoms with van der Waals surface area (Å²) < 4.78 is 2.10. The van der Waals surface area contributed by atoms with E-state index in [-0.39, 0.29) is 0 Å². The number of hydrogen-bond donors (Lipinski definition) is 2. The average molecular weight is 448 g/mol. The van der Waals surface area contributed by atoms with Gasteiger partial charge in [0, 0.05) is 61.9 Å². The highest BCUT2D eigenvalue weighted by atomic mass is 15.4. The molecular weight excluding hydrogens is 422 g/mol. The molecule has 7 rings (SSSR count). The maximum absolute atomic E-state index is 5.11. The highest BCUT2D eigenvalue weighted by molar-refractivity contribution is 5.85. The summed E-state index contributed by atoms with van der Waals surface area (Å²) in [6.07, 6.45) is 6.88. The van der Waals surface area contributed by atoms with Crippen LogP contribution in [0.1, 0.15) is 12.0 Å². The lowest BCUT2D eigenvalue weighted by Gasteiger charge is -2.29. The number of hydrogen-bond acceptors (Lipinski definition) is 6. The third kappa shape index (κ3) is 3.28. The Hall–Kier alpha value is -3.97. The molecule has 5 aromatic rings. The second-order valence-corrected chi connectivity index (χ2v) is 9.17. The Morgan fingerprint density at radius 2 is 1.94 bits per heavy atom. The zero-order valence-corrected chi connectivity index (χ0v) is 18.7. The second-order valence-electron chi connectivity index (χ2n) is 9.17. The molecule has 2 unspecified atom stereocenters. The first-order chi connectivity index (χ1) is 16.8. The number of nitrogens with one attached hydrogen (secondary N) is 2. The molecule has 0 saturated carbocycles. The molecule has 2 N–H and O–H groups in total. The van der Waals surface area contributed by atoms with Crippen molar-refractivity contribution in [1.82, 2.24) is 24.7 Å². The van der Waals surface area contributed by atoms with Crippen LogP contribution in [0.15, 0.2) is 79.3 Å². The van der Waals surface area contributed by atoms with E-state index in [9.17, 15) is 0 Å². The number of fused-ring (bicyclic) bond motifs is 4. The van der Waals surface area contributed by atoms with Gasteiger partial charge in [-0.05, 0) is 34.9 Å². The van der Waals surface area contributed by atoms with Gasteiger partial charge in [0.05, 0.1) is 5.69 Å². The minimum absolute atomic E-state index is 0.494. The maximum atomic E-state index is 5.11. The maximum Gasteiger partial charge on any atom is 0.212 e. The molecule has 2 saturated heterocycles. The van der Waals surface area contributed by atoms with E-state index in [4.69, 9.17) is 4.98 Å². The number of piperazine rings is 1. The molecule has 0 spiro atoms. The van der Waals surface area contributed by atoms with Gasteiger partial charge in [0.1, 0.15) is 11.5 Å². The molecule has 5 heterocycles. The van der Waals surface area contributed by atoms with Crippen LogP contribution >= 0.6 is 0 Å². The fourth-order valence-corrected chi connectivity index (χ4v) is 5.38. The zero-order chi connectivity index (χ0) is 22.5. The van der Waals surface area contributed by atoms with Crippen molar-refractivity contribution < 1.29 is 0 Å². The van der Waals surface area contributed by atoms with E-state index in [1.54, 1.807) is 0 Å². The predicted octanol–water partition coefficient (Wildman–Crippen LogP) is 4.11. The molecule has 3 aromatic heterocycles. The number of rotatable bonds is 5. The monoisotopic (exact) mass is 447 g/mol. The highest BCUT2D eigenvalue weighted by Gasteiger charge is 2.39. The van der Waals surface area contributed by atoms with Crippen LogP contribution in [0.2, 0.25) is 0 Å². The summed E-state index contributed by atoms with van der Waals surface area (Å²) in [6, 6.07) is 22.1. The minimum Gasteiger partial charge on any atom is -0.366 e. The smallest absolute Gasteiger partial charge is 0.212 e. The van der Waals surface area contributed by atoms with Crippen molar-refractivity contribution in [3.8, 4) is 11.3 Å². The van der Waals surface area contributed by atoms with E-state index >= 15 is 0 Å². The van der Waals surface area contributed by atoms with Crippen molar-refractivity contribution in [3.05, 3.63) is 84.8 Å². The largest absolute Gasteiger partial charge is 0.366 e. The number of aromatic nitrogens is 4. The summed E-state index contributed by atoms with van der Waals surface area (Å²) in [5.74, 6) is 1.81.